The van der Waals surface area contributed by atoms with Crippen LogP contribution in [0, 0.1) is 4.77 Å². The van der Waals surface area contributed by atoms with Gasteiger partial charge in [-0.05, 0) is 36.0 Å². The standard InChI is InChI=1S/C20H14Cl2N4OS2/c21-15-8-4-5-12(17(15)22)9-14-10-23-19(29-14)25-18(27)16-11-24-20(28)26(16)13-6-2-1-3-7-13/h1-8,10-11H,9H2,(H,24,28)(H,23,25,27). The van der Waals surface area contributed by atoms with Gasteiger partial charge in [0.25, 0.3) is 5.91 Å². The van der Waals surface area contributed by atoms with E-state index in [1.807, 2.05) is 42.5 Å². The summed E-state index contributed by atoms with van der Waals surface area (Å²) >= 11 is 19.0. The van der Waals surface area contributed by atoms with Crippen LogP contribution >= 0.6 is 46.8 Å². The molecule has 0 aliphatic heterocycles. The highest BCUT2D eigenvalue weighted by Gasteiger charge is 2.16. The van der Waals surface area contributed by atoms with Crippen LogP contribution in [0.1, 0.15) is 20.9 Å². The maximum Gasteiger partial charge on any atom is 0.276 e. The molecule has 0 radical (unpaired) electrons. The van der Waals surface area contributed by atoms with Gasteiger partial charge in [0.05, 0.1) is 10.0 Å². The Morgan fingerprint density at radius 2 is 1.97 bits per heavy atom. The maximum atomic E-state index is 12.8. The van der Waals surface area contributed by atoms with E-state index in [9.17, 15) is 4.79 Å². The predicted octanol–water partition coefficient (Wildman–Crippen LogP) is 6.14. The van der Waals surface area contributed by atoms with Gasteiger partial charge in [0.2, 0.25) is 0 Å². The molecule has 0 atom stereocenters. The first-order valence-electron chi connectivity index (χ1n) is 8.57. The molecule has 4 rings (SSSR count). The fourth-order valence-electron chi connectivity index (χ4n) is 2.85. The van der Waals surface area contributed by atoms with Gasteiger partial charge in [-0.3, -0.25) is 14.7 Å². The molecule has 0 bridgehead atoms. The molecule has 0 fully saturated rings. The molecule has 2 N–H and O–H groups in total. The summed E-state index contributed by atoms with van der Waals surface area (Å²) in [7, 11) is 0. The normalized spacial score (nSPS) is 10.8. The fraction of sp³-hybridized carbons (Fsp3) is 0.0500. The van der Waals surface area contributed by atoms with E-state index < -0.39 is 0 Å². The third-order valence-electron chi connectivity index (χ3n) is 4.19. The average molecular weight is 461 g/mol. The minimum absolute atomic E-state index is 0.303. The average Bonchev–Trinajstić information content (AvgIpc) is 3.32. The summed E-state index contributed by atoms with van der Waals surface area (Å²) in [5, 5.41) is 4.38. The molecule has 0 saturated carbocycles. The van der Waals surface area contributed by atoms with Gasteiger partial charge in [0, 0.05) is 29.4 Å². The van der Waals surface area contributed by atoms with E-state index in [0.29, 0.717) is 32.1 Å². The lowest BCUT2D eigenvalue weighted by molar-refractivity contribution is 0.102. The van der Waals surface area contributed by atoms with Crippen LogP contribution in [0.15, 0.2) is 60.9 Å². The van der Waals surface area contributed by atoms with Crippen LogP contribution in [0.5, 0.6) is 0 Å². The van der Waals surface area contributed by atoms with Crippen molar-refractivity contribution in [3.63, 3.8) is 0 Å². The number of H-pyrrole nitrogens is 1. The highest BCUT2D eigenvalue weighted by atomic mass is 35.5. The molecule has 0 aliphatic carbocycles. The van der Waals surface area contributed by atoms with Crippen LogP contribution in [0.3, 0.4) is 0 Å². The summed E-state index contributed by atoms with van der Waals surface area (Å²) in [5.74, 6) is -0.303. The Hall–Kier alpha value is -2.45. The van der Waals surface area contributed by atoms with Crippen molar-refractivity contribution in [2.24, 2.45) is 0 Å². The minimum atomic E-state index is -0.303. The molecule has 29 heavy (non-hydrogen) atoms. The Labute approximate surface area is 186 Å². The number of hydrogen-bond donors (Lipinski definition) is 2. The molecule has 2 aromatic carbocycles. The van der Waals surface area contributed by atoms with Crippen LogP contribution < -0.4 is 5.32 Å². The topological polar surface area (TPSA) is 62.7 Å². The number of hydrogen-bond acceptors (Lipinski definition) is 4. The van der Waals surface area contributed by atoms with Crippen molar-refractivity contribution in [2.75, 3.05) is 5.32 Å². The molecule has 4 aromatic rings. The number of anilines is 1. The number of para-hydroxylation sites is 1. The second-order valence-electron chi connectivity index (χ2n) is 6.13. The van der Waals surface area contributed by atoms with E-state index >= 15 is 0 Å². The van der Waals surface area contributed by atoms with E-state index in [0.717, 1.165) is 16.1 Å². The lowest BCUT2D eigenvalue weighted by Gasteiger charge is -2.07. The number of carbonyl (C=O) groups excluding carboxylic acids is 1. The second kappa shape index (κ2) is 8.51. The van der Waals surface area contributed by atoms with E-state index in [1.54, 1.807) is 23.0 Å². The van der Waals surface area contributed by atoms with E-state index in [4.69, 9.17) is 35.4 Å². The number of amides is 1. The number of nitrogens with one attached hydrogen (secondary N) is 2. The van der Waals surface area contributed by atoms with Crippen LogP contribution in [0.25, 0.3) is 5.69 Å². The zero-order valence-corrected chi connectivity index (χ0v) is 18.0. The molecular formula is C20H14Cl2N4OS2. The maximum absolute atomic E-state index is 12.8. The first-order valence-corrected chi connectivity index (χ1v) is 10.6. The highest BCUT2D eigenvalue weighted by molar-refractivity contribution is 7.71. The van der Waals surface area contributed by atoms with Crippen LogP contribution in [0.2, 0.25) is 10.0 Å². The number of thiazole rings is 1. The molecule has 5 nitrogen and oxygen atoms in total. The summed E-state index contributed by atoms with van der Waals surface area (Å²) in [5.41, 5.74) is 2.11. The number of imidazole rings is 1. The van der Waals surface area contributed by atoms with E-state index in [1.165, 1.54) is 11.3 Å². The van der Waals surface area contributed by atoms with Crippen molar-refractivity contribution < 1.29 is 4.79 Å². The number of benzene rings is 2. The predicted molar refractivity (Wildman–Crippen MR) is 120 cm³/mol. The summed E-state index contributed by atoms with van der Waals surface area (Å²) in [6, 6.07) is 15.0. The molecule has 0 spiro atoms. The van der Waals surface area contributed by atoms with Gasteiger partial charge < -0.3 is 4.98 Å². The van der Waals surface area contributed by atoms with Crippen molar-refractivity contribution in [2.45, 2.75) is 6.42 Å². The Kier molecular flexibility index (Phi) is 5.82. The summed E-state index contributed by atoms with van der Waals surface area (Å²) in [6.07, 6.45) is 3.89. The van der Waals surface area contributed by atoms with Gasteiger partial charge in [-0.2, -0.15) is 0 Å². The largest absolute Gasteiger partial charge is 0.336 e. The Morgan fingerprint density at radius 1 is 1.17 bits per heavy atom. The number of carbonyl (C=O) groups is 1. The van der Waals surface area contributed by atoms with Crippen LogP contribution in [0.4, 0.5) is 5.13 Å². The summed E-state index contributed by atoms with van der Waals surface area (Å²) in [6.45, 7) is 0. The molecule has 0 aliphatic rings. The fourth-order valence-corrected chi connectivity index (χ4v) is 4.33. The molecule has 1 amide bonds. The number of halogens is 2. The van der Waals surface area contributed by atoms with Gasteiger partial charge >= 0.3 is 0 Å². The first-order chi connectivity index (χ1) is 14.0. The van der Waals surface area contributed by atoms with Gasteiger partial charge in [-0.1, -0.05) is 53.5 Å². The zero-order chi connectivity index (χ0) is 20.4. The third-order valence-corrected chi connectivity index (χ3v) is 6.26. The smallest absolute Gasteiger partial charge is 0.276 e. The number of nitrogens with zero attached hydrogens (tertiary/aromatic N) is 2. The van der Waals surface area contributed by atoms with E-state index in [-0.39, 0.29) is 5.91 Å². The van der Waals surface area contributed by atoms with Gasteiger partial charge in [-0.25, -0.2) is 4.98 Å². The Morgan fingerprint density at radius 3 is 2.76 bits per heavy atom. The zero-order valence-electron chi connectivity index (χ0n) is 14.9. The van der Waals surface area contributed by atoms with Gasteiger partial charge in [0.1, 0.15) is 5.69 Å². The Balaban J connectivity index is 1.54. The summed E-state index contributed by atoms with van der Waals surface area (Å²) < 4.78 is 2.13. The van der Waals surface area contributed by atoms with Gasteiger partial charge in [-0.15, -0.1) is 11.3 Å². The molecular weight excluding hydrogens is 447 g/mol. The quantitative estimate of drug-likeness (QED) is 0.351. The van der Waals surface area contributed by atoms with Crippen molar-refractivity contribution in [3.05, 3.63) is 91.9 Å². The lowest BCUT2D eigenvalue weighted by atomic mass is 10.1. The number of rotatable bonds is 5. The molecule has 2 aromatic heterocycles. The minimum Gasteiger partial charge on any atom is -0.336 e. The van der Waals surface area contributed by atoms with Crippen molar-refractivity contribution in [1.82, 2.24) is 14.5 Å². The van der Waals surface area contributed by atoms with Crippen molar-refractivity contribution >= 4 is 57.8 Å². The second-order valence-corrected chi connectivity index (χ2v) is 8.41. The molecule has 9 heteroatoms. The highest BCUT2D eigenvalue weighted by Crippen LogP contribution is 2.29. The Bertz CT molecular complexity index is 1230. The molecule has 2 heterocycles. The van der Waals surface area contributed by atoms with Crippen molar-refractivity contribution in [1.29, 1.82) is 0 Å². The lowest BCUT2D eigenvalue weighted by Crippen LogP contribution is -2.16. The molecule has 0 saturated heterocycles. The first kappa shape index (κ1) is 19.8. The summed E-state index contributed by atoms with van der Waals surface area (Å²) in [4.78, 5) is 21.0. The number of aromatic nitrogens is 3. The SMILES string of the molecule is O=C(Nc1ncc(Cc2cccc(Cl)c2Cl)s1)c1c[nH]c(=S)n1-c1ccccc1. The monoisotopic (exact) mass is 460 g/mol. The molecule has 146 valence electrons. The van der Waals surface area contributed by atoms with Crippen LogP contribution in [-0.2, 0) is 6.42 Å². The van der Waals surface area contributed by atoms with Crippen LogP contribution in [-0.4, -0.2) is 20.4 Å². The third kappa shape index (κ3) is 4.28. The van der Waals surface area contributed by atoms with Gasteiger partial charge in [0.15, 0.2) is 9.90 Å². The van der Waals surface area contributed by atoms with Crippen molar-refractivity contribution in [3.8, 4) is 5.69 Å². The van der Waals surface area contributed by atoms with E-state index in [2.05, 4.69) is 15.3 Å². The number of aromatic amines is 1. The molecule has 0 unspecified atom stereocenters.